The van der Waals surface area contributed by atoms with Gasteiger partial charge in [-0.1, -0.05) is 284 Å². The smallest absolute Gasteiger partial charge is 0.324 e. The van der Waals surface area contributed by atoms with Crippen LogP contribution in [-0.4, -0.2) is 35.4 Å². The predicted octanol–water partition coefficient (Wildman–Crippen LogP) is 18.1. The number of unbranched alkanes of at least 4 members (excludes halogenated alkanes) is 30. The summed E-state index contributed by atoms with van der Waals surface area (Å²) in [5, 5.41) is 23.5. The van der Waals surface area contributed by atoms with Gasteiger partial charge in [0.05, 0.1) is 13.2 Å². The molecule has 6 nitrogen and oxygen atoms in total. The molecule has 6 heteroatoms. The van der Waals surface area contributed by atoms with Crippen molar-refractivity contribution in [3.8, 4) is 11.5 Å². The van der Waals surface area contributed by atoms with Gasteiger partial charge in [0.15, 0.2) is 5.41 Å². The molecule has 0 heterocycles. The van der Waals surface area contributed by atoms with E-state index in [0.717, 1.165) is 36.8 Å². The number of rotatable bonds is 40. The van der Waals surface area contributed by atoms with E-state index >= 15 is 0 Å². The van der Waals surface area contributed by atoms with Gasteiger partial charge in [-0.15, -0.1) is 0 Å². The van der Waals surface area contributed by atoms with Crippen LogP contribution in [0, 0.1) is 5.41 Å². The molecule has 0 saturated carbocycles. The topological polar surface area (TPSA) is 93.1 Å². The van der Waals surface area contributed by atoms with Gasteiger partial charge in [0.25, 0.3) is 0 Å². The van der Waals surface area contributed by atoms with Crippen LogP contribution >= 0.6 is 0 Å². The SMILES string of the molecule is CCCCCCCCCCCCCCCCCCOC(=O)C(Cc1cccc(C(C)(C)C)c1O)(Cc1cccc(C(C)(C)C)c1O)C(=O)OCCCCCCCCCCCCCCCCCC. The van der Waals surface area contributed by atoms with Crippen LogP contribution < -0.4 is 0 Å². The van der Waals surface area contributed by atoms with E-state index in [0.29, 0.717) is 24.0 Å². The molecule has 0 amide bonds. The lowest BCUT2D eigenvalue weighted by atomic mass is 9.74. The number of hydrogen-bond acceptors (Lipinski definition) is 6. The minimum Gasteiger partial charge on any atom is -0.507 e. The molecule has 2 rings (SSSR count). The molecule has 384 valence electrons. The van der Waals surface area contributed by atoms with E-state index in [1.165, 1.54) is 167 Å². The monoisotopic (exact) mass is 933 g/mol. The molecule has 0 aliphatic heterocycles. The minimum absolute atomic E-state index is 0.0725. The van der Waals surface area contributed by atoms with Crippen LogP contribution in [0.5, 0.6) is 11.5 Å². The summed E-state index contributed by atoms with van der Waals surface area (Å²) in [5.41, 5.74) is -0.131. The van der Waals surface area contributed by atoms with E-state index in [1.807, 2.05) is 65.8 Å². The van der Waals surface area contributed by atoms with Crippen molar-refractivity contribution in [2.75, 3.05) is 13.2 Å². The predicted molar refractivity (Wildman–Crippen MR) is 284 cm³/mol. The highest BCUT2D eigenvalue weighted by molar-refractivity contribution is 6.01. The van der Waals surface area contributed by atoms with Gasteiger partial charge < -0.3 is 19.7 Å². The number of ether oxygens (including phenoxy) is 2. The van der Waals surface area contributed by atoms with Crippen molar-refractivity contribution < 1.29 is 29.3 Å². The van der Waals surface area contributed by atoms with E-state index in [1.54, 1.807) is 12.1 Å². The van der Waals surface area contributed by atoms with Crippen molar-refractivity contribution in [3.63, 3.8) is 0 Å². The molecule has 0 aliphatic rings. The van der Waals surface area contributed by atoms with E-state index in [2.05, 4.69) is 13.8 Å². The quantitative estimate of drug-likeness (QED) is 0.0393. The molecule has 0 atom stereocenters. The fourth-order valence-corrected chi connectivity index (χ4v) is 9.67. The second-order valence-corrected chi connectivity index (χ2v) is 22.4. The van der Waals surface area contributed by atoms with Crippen molar-refractivity contribution in [1.29, 1.82) is 0 Å². The van der Waals surface area contributed by atoms with Gasteiger partial charge in [0.2, 0.25) is 0 Å². The summed E-state index contributed by atoms with van der Waals surface area (Å²) in [5.74, 6) is -1.18. The van der Waals surface area contributed by atoms with E-state index in [9.17, 15) is 19.8 Å². The zero-order valence-electron chi connectivity index (χ0n) is 44.9. The minimum atomic E-state index is -1.83. The molecule has 0 fully saturated rings. The Balaban J connectivity index is 2.08. The Labute approximate surface area is 413 Å². The number of phenolic OH excluding ortho intramolecular Hbond substituents is 2. The second-order valence-electron chi connectivity index (χ2n) is 22.4. The molecule has 0 aliphatic carbocycles. The molecule has 0 bridgehead atoms. The Bertz CT molecular complexity index is 1460. The van der Waals surface area contributed by atoms with Crippen LogP contribution in [0.3, 0.4) is 0 Å². The largest absolute Gasteiger partial charge is 0.507 e. The maximum absolute atomic E-state index is 14.8. The first-order valence-corrected chi connectivity index (χ1v) is 28.2. The van der Waals surface area contributed by atoms with Crippen molar-refractivity contribution in [2.45, 2.75) is 285 Å². The number of carbonyl (C=O) groups is 2. The number of para-hydroxylation sites is 2. The van der Waals surface area contributed by atoms with Gasteiger partial charge in [-0.25, -0.2) is 0 Å². The lowest BCUT2D eigenvalue weighted by Gasteiger charge is -2.32. The standard InChI is InChI=1S/C61H104O6/c1-9-11-13-15-17-19-21-23-25-27-29-31-33-35-37-39-47-66-57(64)61(49-51-43-41-45-53(55(51)62)59(3,4)5,50-52-44-42-46-54(56(52)63)60(6,7)8)58(65)67-48-40-38-36-34-32-30-28-26-24-22-20-18-16-14-12-10-2/h41-46,62-63H,9-40,47-50H2,1-8H3. The van der Waals surface area contributed by atoms with Crippen molar-refractivity contribution in [1.82, 2.24) is 0 Å². The van der Waals surface area contributed by atoms with Crippen LogP contribution in [0.2, 0.25) is 0 Å². The average Bonchev–Trinajstić information content (AvgIpc) is 3.28. The Morgan fingerprint density at radius 3 is 0.866 bits per heavy atom. The first-order chi connectivity index (χ1) is 32.2. The third-order valence-electron chi connectivity index (χ3n) is 14.1. The number of hydrogen-bond donors (Lipinski definition) is 2. The third-order valence-corrected chi connectivity index (χ3v) is 14.1. The molecule has 2 aromatic rings. The number of carbonyl (C=O) groups excluding carboxylic acids is 2. The van der Waals surface area contributed by atoms with Gasteiger partial charge in [0, 0.05) is 12.8 Å². The molecule has 0 spiro atoms. The maximum atomic E-state index is 14.8. The highest BCUT2D eigenvalue weighted by atomic mass is 16.6. The summed E-state index contributed by atoms with van der Waals surface area (Å²) in [6.45, 7) is 17.2. The first kappa shape index (κ1) is 60.1. The summed E-state index contributed by atoms with van der Waals surface area (Å²) in [6.07, 6.45) is 39.9. The van der Waals surface area contributed by atoms with Crippen molar-refractivity contribution in [3.05, 3.63) is 58.7 Å². The summed E-state index contributed by atoms with van der Waals surface area (Å²) in [7, 11) is 0. The van der Waals surface area contributed by atoms with Crippen LogP contribution in [0.25, 0.3) is 0 Å². The van der Waals surface area contributed by atoms with Gasteiger partial charge in [-0.3, -0.25) is 9.59 Å². The molecule has 2 N–H and O–H groups in total. The van der Waals surface area contributed by atoms with Gasteiger partial charge in [0.1, 0.15) is 11.5 Å². The van der Waals surface area contributed by atoms with Crippen LogP contribution in [0.1, 0.15) is 283 Å². The van der Waals surface area contributed by atoms with Crippen LogP contribution in [0.15, 0.2) is 36.4 Å². The number of benzene rings is 2. The Hall–Kier alpha value is -3.02. The number of aromatic hydroxyl groups is 2. The van der Waals surface area contributed by atoms with Gasteiger partial charge in [-0.2, -0.15) is 0 Å². The summed E-state index contributed by atoms with van der Waals surface area (Å²) in [6, 6.07) is 11.1. The average molecular weight is 933 g/mol. The molecule has 0 saturated heterocycles. The van der Waals surface area contributed by atoms with Gasteiger partial charge >= 0.3 is 11.9 Å². The van der Waals surface area contributed by atoms with E-state index < -0.39 is 17.4 Å². The summed E-state index contributed by atoms with van der Waals surface area (Å²) in [4.78, 5) is 29.5. The molecule has 0 unspecified atom stereocenters. The lowest BCUT2D eigenvalue weighted by molar-refractivity contribution is -0.173. The Kier molecular flexibility index (Phi) is 31.5. The first-order valence-electron chi connectivity index (χ1n) is 28.2. The Morgan fingerprint density at radius 2 is 0.627 bits per heavy atom. The van der Waals surface area contributed by atoms with E-state index in [-0.39, 0.29) is 48.4 Å². The number of phenols is 2. The maximum Gasteiger partial charge on any atom is 0.324 e. The number of esters is 2. The fraction of sp³-hybridized carbons (Fsp3) is 0.770. The molecular weight excluding hydrogens is 829 g/mol. The molecule has 0 aromatic heterocycles. The molecular formula is C61H104O6. The molecule has 67 heavy (non-hydrogen) atoms. The second kappa shape index (κ2) is 35.1. The van der Waals surface area contributed by atoms with Gasteiger partial charge in [-0.05, 0) is 45.9 Å². The highest BCUT2D eigenvalue weighted by Crippen LogP contribution is 2.42. The molecule has 0 radical (unpaired) electrons. The third kappa shape index (κ3) is 24.9. The van der Waals surface area contributed by atoms with Crippen molar-refractivity contribution in [2.24, 2.45) is 5.41 Å². The lowest BCUT2D eigenvalue weighted by Crippen LogP contribution is -2.46. The Morgan fingerprint density at radius 1 is 0.388 bits per heavy atom. The van der Waals surface area contributed by atoms with Crippen LogP contribution in [0.4, 0.5) is 0 Å². The normalized spacial score (nSPS) is 12.2. The zero-order chi connectivity index (χ0) is 49.2. The summed E-state index contributed by atoms with van der Waals surface area (Å²) >= 11 is 0. The molecule has 2 aromatic carbocycles. The van der Waals surface area contributed by atoms with E-state index in [4.69, 9.17) is 9.47 Å². The fourth-order valence-electron chi connectivity index (χ4n) is 9.67. The summed E-state index contributed by atoms with van der Waals surface area (Å²) < 4.78 is 12.2. The highest BCUT2D eigenvalue weighted by Gasteiger charge is 2.50. The zero-order valence-corrected chi connectivity index (χ0v) is 44.9. The van der Waals surface area contributed by atoms with Crippen molar-refractivity contribution >= 4 is 11.9 Å². The van der Waals surface area contributed by atoms with Crippen LogP contribution in [-0.2, 0) is 42.7 Å².